The molecule has 6 heteroatoms. The van der Waals surface area contributed by atoms with Crippen LogP contribution in [-0.4, -0.2) is 18.4 Å². The number of carbonyl (C=O) groups excluding carboxylic acids is 2. The summed E-state index contributed by atoms with van der Waals surface area (Å²) in [5.41, 5.74) is 3.33. The van der Waals surface area contributed by atoms with Crippen molar-refractivity contribution in [3.8, 4) is 5.75 Å². The van der Waals surface area contributed by atoms with Gasteiger partial charge in [0.15, 0.2) is 0 Å². The van der Waals surface area contributed by atoms with E-state index in [2.05, 4.69) is 10.6 Å². The van der Waals surface area contributed by atoms with Crippen molar-refractivity contribution in [2.24, 2.45) is 0 Å². The molecule has 0 saturated carbocycles. The molecule has 31 heavy (non-hydrogen) atoms. The summed E-state index contributed by atoms with van der Waals surface area (Å²) in [4.78, 5) is 27.1. The number of fused-ring (bicyclic) bond motifs is 1. The lowest BCUT2D eigenvalue weighted by Gasteiger charge is -2.13. The topological polar surface area (TPSA) is 67.4 Å². The quantitative estimate of drug-likeness (QED) is 0.519. The normalized spacial score (nSPS) is 12.7. The minimum atomic E-state index is -0.182. The van der Waals surface area contributed by atoms with Crippen molar-refractivity contribution in [1.29, 1.82) is 0 Å². The molecule has 4 rings (SSSR count). The van der Waals surface area contributed by atoms with Crippen molar-refractivity contribution in [3.05, 3.63) is 76.2 Å². The standard InChI is InChI=1S/C25H26N2O3S/c1-2-30-19-14-12-18(13-15-19)26-24(29)23-20-10-6-7-11-21(20)31-25(23)27-22(28)16-17-8-4-3-5-9-17/h3-5,8-9,12-15H,2,6-7,10-11,16H2,1H3,(H,26,29)(H,27,28). The molecule has 0 unspecified atom stereocenters. The molecule has 3 aromatic rings. The van der Waals surface area contributed by atoms with Gasteiger partial charge in [-0.25, -0.2) is 0 Å². The number of nitrogens with one attached hydrogen (secondary N) is 2. The third-order valence-corrected chi connectivity index (χ3v) is 6.49. The van der Waals surface area contributed by atoms with Crippen molar-refractivity contribution in [1.82, 2.24) is 0 Å². The fraction of sp³-hybridized carbons (Fsp3) is 0.280. The van der Waals surface area contributed by atoms with E-state index in [0.29, 0.717) is 22.9 Å². The van der Waals surface area contributed by atoms with Crippen molar-refractivity contribution in [2.75, 3.05) is 17.2 Å². The Labute approximate surface area is 186 Å². The fourth-order valence-corrected chi connectivity index (χ4v) is 5.14. The summed E-state index contributed by atoms with van der Waals surface area (Å²) in [6, 6.07) is 17.0. The van der Waals surface area contributed by atoms with E-state index in [1.807, 2.05) is 61.5 Å². The van der Waals surface area contributed by atoms with Gasteiger partial charge in [0.05, 0.1) is 18.6 Å². The van der Waals surface area contributed by atoms with Gasteiger partial charge in [-0.05, 0) is 68.0 Å². The lowest BCUT2D eigenvalue weighted by Crippen LogP contribution is -2.19. The van der Waals surface area contributed by atoms with E-state index in [1.54, 1.807) is 0 Å². The van der Waals surface area contributed by atoms with Gasteiger partial charge in [0.25, 0.3) is 5.91 Å². The second-order valence-electron chi connectivity index (χ2n) is 7.54. The number of hydrogen-bond donors (Lipinski definition) is 2. The number of aryl methyl sites for hydroxylation is 1. The van der Waals surface area contributed by atoms with E-state index in [1.165, 1.54) is 16.2 Å². The van der Waals surface area contributed by atoms with Crippen LogP contribution in [0.5, 0.6) is 5.75 Å². The number of rotatable bonds is 7. The number of carbonyl (C=O) groups is 2. The lowest BCUT2D eigenvalue weighted by atomic mass is 9.95. The van der Waals surface area contributed by atoms with E-state index in [4.69, 9.17) is 4.74 Å². The molecular weight excluding hydrogens is 408 g/mol. The Kier molecular flexibility index (Phi) is 6.67. The highest BCUT2D eigenvalue weighted by atomic mass is 32.1. The Hall–Kier alpha value is -3.12. The molecule has 160 valence electrons. The number of ether oxygens (including phenoxy) is 1. The van der Waals surface area contributed by atoms with Gasteiger partial charge in [-0.15, -0.1) is 11.3 Å². The zero-order valence-corrected chi connectivity index (χ0v) is 18.4. The lowest BCUT2D eigenvalue weighted by molar-refractivity contribution is -0.115. The van der Waals surface area contributed by atoms with Crippen LogP contribution in [0, 0.1) is 0 Å². The number of hydrogen-bond acceptors (Lipinski definition) is 4. The molecule has 0 spiro atoms. The van der Waals surface area contributed by atoms with Crippen LogP contribution in [0.15, 0.2) is 54.6 Å². The largest absolute Gasteiger partial charge is 0.494 e. The van der Waals surface area contributed by atoms with Crippen molar-refractivity contribution >= 4 is 33.8 Å². The van der Waals surface area contributed by atoms with Crippen LogP contribution in [0.2, 0.25) is 0 Å². The first kappa shape index (κ1) is 21.1. The van der Waals surface area contributed by atoms with Crippen LogP contribution in [0.25, 0.3) is 0 Å². The molecule has 1 aliphatic rings. The Morgan fingerprint density at radius 2 is 1.71 bits per heavy atom. The fourth-order valence-electron chi connectivity index (χ4n) is 3.84. The highest BCUT2D eigenvalue weighted by Gasteiger charge is 2.26. The number of anilines is 2. The second kappa shape index (κ2) is 9.79. The zero-order chi connectivity index (χ0) is 21.6. The summed E-state index contributed by atoms with van der Waals surface area (Å²) in [6.07, 6.45) is 4.28. The SMILES string of the molecule is CCOc1ccc(NC(=O)c2c(NC(=O)Cc3ccccc3)sc3c2CCCC3)cc1. The molecule has 2 aromatic carbocycles. The third-order valence-electron chi connectivity index (χ3n) is 5.28. The maximum absolute atomic E-state index is 13.2. The highest BCUT2D eigenvalue weighted by Crippen LogP contribution is 2.38. The Bertz CT molecular complexity index is 1060. The van der Waals surface area contributed by atoms with E-state index >= 15 is 0 Å². The monoisotopic (exact) mass is 434 g/mol. The predicted molar refractivity (Wildman–Crippen MR) is 125 cm³/mol. The maximum atomic E-state index is 13.2. The molecule has 0 aliphatic heterocycles. The first-order chi connectivity index (χ1) is 15.1. The van der Waals surface area contributed by atoms with Gasteiger partial charge in [0.2, 0.25) is 5.91 Å². The van der Waals surface area contributed by atoms with E-state index < -0.39 is 0 Å². The van der Waals surface area contributed by atoms with Gasteiger partial charge >= 0.3 is 0 Å². The predicted octanol–water partition coefficient (Wildman–Crippen LogP) is 5.46. The molecule has 0 atom stereocenters. The molecule has 1 heterocycles. The minimum Gasteiger partial charge on any atom is -0.494 e. The van der Waals surface area contributed by atoms with E-state index in [-0.39, 0.29) is 18.2 Å². The summed E-state index contributed by atoms with van der Waals surface area (Å²) in [6.45, 7) is 2.53. The molecule has 1 aromatic heterocycles. The van der Waals surface area contributed by atoms with Gasteiger partial charge in [-0.2, -0.15) is 0 Å². The van der Waals surface area contributed by atoms with Crippen molar-refractivity contribution in [2.45, 2.75) is 39.0 Å². The molecule has 5 nitrogen and oxygen atoms in total. The molecule has 1 aliphatic carbocycles. The second-order valence-corrected chi connectivity index (χ2v) is 8.64. The van der Waals surface area contributed by atoms with E-state index in [0.717, 1.165) is 42.6 Å². The average Bonchev–Trinajstić information content (AvgIpc) is 3.13. The van der Waals surface area contributed by atoms with Gasteiger partial charge in [0, 0.05) is 10.6 Å². The molecule has 0 bridgehead atoms. The zero-order valence-electron chi connectivity index (χ0n) is 17.6. The van der Waals surface area contributed by atoms with Crippen LogP contribution in [-0.2, 0) is 24.1 Å². The summed E-state index contributed by atoms with van der Waals surface area (Å²) in [5.74, 6) is 0.473. The molecule has 2 N–H and O–H groups in total. The van der Waals surface area contributed by atoms with Gasteiger partial charge in [-0.3, -0.25) is 9.59 Å². The summed E-state index contributed by atoms with van der Waals surface area (Å²) in [5, 5.41) is 6.64. The number of benzene rings is 2. The third kappa shape index (κ3) is 5.14. The van der Waals surface area contributed by atoms with Crippen LogP contribution in [0.3, 0.4) is 0 Å². The van der Waals surface area contributed by atoms with Gasteiger partial charge in [-0.1, -0.05) is 30.3 Å². The molecule has 0 fully saturated rings. The first-order valence-electron chi connectivity index (χ1n) is 10.7. The summed E-state index contributed by atoms with van der Waals surface area (Å²) in [7, 11) is 0. The van der Waals surface area contributed by atoms with Gasteiger partial charge in [0.1, 0.15) is 10.8 Å². The molecule has 0 radical (unpaired) electrons. The van der Waals surface area contributed by atoms with Crippen molar-refractivity contribution in [3.63, 3.8) is 0 Å². The van der Waals surface area contributed by atoms with Crippen LogP contribution in [0.1, 0.15) is 46.1 Å². The Morgan fingerprint density at radius 1 is 0.968 bits per heavy atom. The first-order valence-corrected chi connectivity index (χ1v) is 11.5. The van der Waals surface area contributed by atoms with Crippen LogP contribution < -0.4 is 15.4 Å². The summed E-state index contributed by atoms with van der Waals surface area (Å²) < 4.78 is 5.47. The van der Waals surface area contributed by atoms with E-state index in [9.17, 15) is 9.59 Å². The number of thiophene rings is 1. The smallest absolute Gasteiger partial charge is 0.258 e. The maximum Gasteiger partial charge on any atom is 0.258 e. The Morgan fingerprint density at radius 3 is 2.45 bits per heavy atom. The highest BCUT2D eigenvalue weighted by molar-refractivity contribution is 7.17. The number of amides is 2. The van der Waals surface area contributed by atoms with Gasteiger partial charge < -0.3 is 15.4 Å². The molecular formula is C25H26N2O3S. The molecule has 2 amide bonds. The average molecular weight is 435 g/mol. The Balaban J connectivity index is 1.54. The van der Waals surface area contributed by atoms with Crippen molar-refractivity contribution < 1.29 is 14.3 Å². The minimum absolute atomic E-state index is 0.111. The van der Waals surface area contributed by atoms with Crippen LogP contribution >= 0.6 is 11.3 Å². The summed E-state index contributed by atoms with van der Waals surface area (Å²) >= 11 is 1.54. The molecule has 0 saturated heterocycles. The van der Waals surface area contributed by atoms with Crippen LogP contribution in [0.4, 0.5) is 10.7 Å².